The Morgan fingerprint density at radius 3 is 2.73 bits per heavy atom. The van der Waals surface area contributed by atoms with E-state index in [2.05, 4.69) is 10.3 Å². The van der Waals surface area contributed by atoms with Gasteiger partial charge in [0.05, 0.1) is 5.69 Å². The molecule has 22 heavy (non-hydrogen) atoms. The summed E-state index contributed by atoms with van der Waals surface area (Å²) in [6.07, 6.45) is 0.879. The van der Waals surface area contributed by atoms with Gasteiger partial charge in [0, 0.05) is 6.04 Å². The van der Waals surface area contributed by atoms with E-state index >= 15 is 0 Å². The summed E-state index contributed by atoms with van der Waals surface area (Å²) in [5, 5.41) is 3.65. The van der Waals surface area contributed by atoms with Gasteiger partial charge in [-0.3, -0.25) is 4.79 Å². The van der Waals surface area contributed by atoms with Crippen molar-refractivity contribution in [2.75, 3.05) is 0 Å². The molecule has 0 aliphatic carbocycles. The Hall–Kier alpha value is -1.95. The molecule has 0 saturated heterocycles. The number of thiazole rings is 1. The topological polar surface area (TPSA) is 51.2 Å². The molecule has 1 atom stereocenters. The van der Waals surface area contributed by atoms with Gasteiger partial charge in [-0.1, -0.05) is 6.92 Å². The molecule has 1 aromatic heterocycles. The van der Waals surface area contributed by atoms with E-state index in [0.29, 0.717) is 16.3 Å². The van der Waals surface area contributed by atoms with E-state index in [9.17, 15) is 9.18 Å². The van der Waals surface area contributed by atoms with Crippen molar-refractivity contribution in [3.63, 3.8) is 0 Å². The maximum Gasteiger partial charge on any atom is 0.263 e. The van der Waals surface area contributed by atoms with Crippen LogP contribution in [0.15, 0.2) is 24.3 Å². The number of rotatable bonds is 6. The summed E-state index contributed by atoms with van der Waals surface area (Å²) in [5.74, 6) is 0.165. The predicted octanol–water partition coefficient (Wildman–Crippen LogP) is 3.70. The molecule has 2 aromatic rings. The van der Waals surface area contributed by atoms with Gasteiger partial charge in [-0.2, -0.15) is 0 Å². The van der Waals surface area contributed by atoms with Gasteiger partial charge in [-0.15, -0.1) is 11.3 Å². The van der Waals surface area contributed by atoms with Crippen LogP contribution in [0.1, 0.15) is 40.6 Å². The minimum Gasteiger partial charge on any atom is -0.486 e. The molecular weight excluding hydrogens is 303 g/mol. The number of nitrogens with zero attached hydrogens (tertiary/aromatic N) is 1. The Balaban J connectivity index is 2.00. The first-order chi connectivity index (χ1) is 10.5. The average Bonchev–Trinajstić information content (AvgIpc) is 2.87. The monoisotopic (exact) mass is 322 g/mol. The number of aryl methyl sites for hydroxylation is 1. The van der Waals surface area contributed by atoms with Crippen LogP contribution in [0, 0.1) is 12.7 Å². The number of ether oxygens (including phenoxy) is 1. The zero-order valence-electron chi connectivity index (χ0n) is 12.9. The van der Waals surface area contributed by atoms with Gasteiger partial charge in [0.25, 0.3) is 5.91 Å². The normalized spacial score (nSPS) is 12.0. The zero-order valence-corrected chi connectivity index (χ0v) is 13.7. The van der Waals surface area contributed by atoms with E-state index in [1.54, 1.807) is 12.1 Å². The molecule has 6 heteroatoms. The van der Waals surface area contributed by atoms with Crippen molar-refractivity contribution in [1.29, 1.82) is 0 Å². The van der Waals surface area contributed by atoms with Gasteiger partial charge >= 0.3 is 0 Å². The van der Waals surface area contributed by atoms with Crippen molar-refractivity contribution < 1.29 is 13.9 Å². The molecule has 0 aliphatic rings. The van der Waals surface area contributed by atoms with Crippen LogP contribution in [-0.2, 0) is 6.61 Å². The highest BCUT2D eigenvalue weighted by molar-refractivity contribution is 7.13. The van der Waals surface area contributed by atoms with Crippen molar-refractivity contribution in [3.05, 3.63) is 45.7 Å². The molecule has 0 radical (unpaired) electrons. The third-order valence-electron chi connectivity index (χ3n) is 3.21. The molecule has 0 spiro atoms. The lowest BCUT2D eigenvalue weighted by Gasteiger charge is -2.10. The van der Waals surface area contributed by atoms with Crippen molar-refractivity contribution in [1.82, 2.24) is 10.3 Å². The van der Waals surface area contributed by atoms with Gasteiger partial charge < -0.3 is 10.1 Å². The Bertz CT molecular complexity index is 640. The Kier molecular flexibility index (Phi) is 5.49. The number of benzene rings is 1. The summed E-state index contributed by atoms with van der Waals surface area (Å²) >= 11 is 1.32. The number of nitrogens with one attached hydrogen (secondary N) is 1. The van der Waals surface area contributed by atoms with Crippen LogP contribution in [0.25, 0.3) is 0 Å². The molecule has 0 bridgehead atoms. The van der Waals surface area contributed by atoms with Crippen LogP contribution in [0.3, 0.4) is 0 Å². The Morgan fingerprint density at radius 2 is 2.09 bits per heavy atom. The minimum absolute atomic E-state index is 0.0996. The number of hydrogen-bond acceptors (Lipinski definition) is 4. The van der Waals surface area contributed by atoms with Gasteiger partial charge in [0.1, 0.15) is 28.1 Å². The van der Waals surface area contributed by atoms with E-state index in [1.165, 1.54) is 23.5 Å². The Labute approximate surface area is 133 Å². The molecule has 1 aromatic carbocycles. The highest BCUT2D eigenvalue weighted by Crippen LogP contribution is 2.20. The molecule has 1 amide bonds. The molecule has 2 rings (SSSR count). The van der Waals surface area contributed by atoms with Gasteiger partial charge in [-0.25, -0.2) is 9.37 Å². The number of amides is 1. The number of aromatic nitrogens is 1. The predicted molar refractivity (Wildman–Crippen MR) is 84.8 cm³/mol. The van der Waals surface area contributed by atoms with Crippen LogP contribution >= 0.6 is 11.3 Å². The van der Waals surface area contributed by atoms with Crippen LogP contribution in [0.5, 0.6) is 5.75 Å². The summed E-state index contributed by atoms with van der Waals surface area (Å²) in [5.41, 5.74) is 0.698. The molecule has 4 nitrogen and oxygen atoms in total. The van der Waals surface area contributed by atoms with Crippen molar-refractivity contribution in [2.45, 2.75) is 39.8 Å². The van der Waals surface area contributed by atoms with Gasteiger partial charge in [0.2, 0.25) is 0 Å². The first-order valence-electron chi connectivity index (χ1n) is 7.15. The third-order valence-corrected chi connectivity index (χ3v) is 4.34. The standard InChI is InChI=1S/C16H19FN2O2S/c1-4-10(2)18-16(20)15-11(3)19-14(22-15)9-21-13-7-5-12(17)6-8-13/h5-8,10H,4,9H2,1-3H3,(H,18,20). The summed E-state index contributed by atoms with van der Waals surface area (Å²) in [6.45, 7) is 6.05. The van der Waals surface area contributed by atoms with Crippen LogP contribution in [0.2, 0.25) is 0 Å². The maximum absolute atomic E-state index is 12.8. The lowest BCUT2D eigenvalue weighted by molar-refractivity contribution is 0.0942. The van der Waals surface area contributed by atoms with Crippen molar-refractivity contribution in [2.24, 2.45) is 0 Å². The van der Waals surface area contributed by atoms with E-state index in [0.717, 1.165) is 11.4 Å². The molecule has 118 valence electrons. The largest absolute Gasteiger partial charge is 0.486 e. The van der Waals surface area contributed by atoms with Crippen molar-refractivity contribution in [3.8, 4) is 5.75 Å². The molecule has 0 aliphatic heterocycles. The SMILES string of the molecule is CCC(C)NC(=O)c1sc(COc2ccc(F)cc2)nc1C. The van der Waals surface area contributed by atoms with E-state index in [4.69, 9.17) is 4.74 Å². The molecule has 0 saturated carbocycles. The fourth-order valence-electron chi connectivity index (χ4n) is 1.79. The highest BCUT2D eigenvalue weighted by atomic mass is 32.1. The zero-order chi connectivity index (χ0) is 16.1. The van der Waals surface area contributed by atoms with Crippen LogP contribution in [-0.4, -0.2) is 16.9 Å². The first kappa shape index (κ1) is 16.4. The number of hydrogen-bond donors (Lipinski definition) is 1. The minimum atomic E-state index is -0.304. The lowest BCUT2D eigenvalue weighted by Crippen LogP contribution is -2.31. The summed E-state index contributed by atoms with van der Waals surface area (Å²) in [6, 6.07) is 5.94. The number of carbonyl (C=O) groups excluding carboxylic acids is 1. The second-order valence-corrected chi connectivity index (χ2v) is 6.13. The van der Waals surface area contributed by atoms with Crippen LogP contribution < -0.4 is 10.1 Å². The van der Waals surface area contributed by atoms with Crippen molar-refractivity contribution >= 4 is 17.2 Å². The second-order valence-electron chi connectivity index (χ2n) is 5.05. The van der Waals surface area contributed by atoms with E-state index in [1.807, 2.05) is 20.8 Å². The highest BCUT2D eigenvalue weighted by Gasteiger charge is 2.16. The maximum atomic E-state index is 12.8. The quantitative estimate of drug-likeness (QED) is 0.882. The fraction of sp³-hybridized carbons (Fsp3) is 0.375. The molecule has 1 unspecified atom stereocenters. The first-order valence-corrected chi connectivity index (χ1v) is 7.96. The van der Waals surface area contributed by atoms with Gasteiger partial charge in [0.15, 0.2) is 0 Å². The van der Waals surface area contributed by atoms with Crippen LogP contribution in [0.4, 0.5) is 4.39 Å². The van der Waals surface area contributed by atoms with Gasteiger partial charge in [-0.05, 0) is 44.5 Å². The van der Waals surface area contributed by atoms with E-state index < -0.39 is 0 Å². The molecule has 1 N–H and O–H groups in total. The number of carbonyl (C=O) groups is 1. The summed E-state index contributed by atoms with van der Waals surface area (Å²) < 4.78 is 18.4. The summed E-state index contributed by atoms with van der Waals surface area (Å²) in [7, 11) is 0. The van der Waals surface area contributed by atoms with E-state index in [-0.39, 0.29) is 24.4 Å². The lowest BCUT2D eigenvalue weighted by atomic mass is 10.2. The molecule has 1 heterocycles. The average molecular weight is 322 g/mol. The third kappa shape index (κ3) is 4.27. The Morgan fingerprint density at radius 1 is 1.41 bits per heavy atom. The molecular formula is C16H19FN2O2S. The molecule has 0 fully saturated rings. The summed E-state index contributed by atoms with van der Waals surface area (Å²) in [4.78, 5) is 17.1. The number of halogens is 1. The smallest absolute Gasteiger partial charge is 0.263 e. The fourth-order valence-corrected chi connectivity index (χ4v) is 2.67. The second kappa shape index (κ2) is 7.35.